The van der Waals surface area contributed by atoms with Crippen molar-refractivity contribution in [3.05, 3.63) is 99.5 Å². The molecule has 2 aromatic carbocycles. The molecule has 0 saturated heterocycles. The van der Waals surface area contributed by atoms with E-state index in [1.54, 1.807) is 22.7 Å². The van der Waals surface area contributed by atoms with E-state index in [-0.39, 0.29) is 17.1 Å². The number of benzene rings is 2. The van der Waals surface area contributed by atoms with Crippen molar-refractivity contribution in [1.29, 1.82) is 0 Å². The molecule has 0 saturated carbocycles. The molecule has 1 aliphatic heterocycles. The van der Waals surface area contributed by atoms with Crippen LogP contribution in [0.15, 0.2) is 71.7 Å². The first-order valence-electron chi connectivity index (χ1n) is 9.35. The van der Waals surface area contributed by atoms with Gasteiger partial charge in [-0.3, -0.25) is 9.59 Å². The number of fused-ring (bicyclic) bond motifs is 1. The highest BCUT2D eigenvalue weighted by molar-refractivity contribution is 5.92. The zero-order valence-electron chi connectivity index (χ0n) is 15.8. The van der Waals surface area contributed by atoms with E-state index in [1.807, 2.05) is 48.5 Å². The molecule has 4 rings (SSSR count). The van der Waals surface area contributed by atoms with Gasteiger partial charge in [0.1, 0.15) is 12.3 Å². The summed E-state index contributed by atoms with van der Waals surface area (Å²) in [6, 6.07) is 19.2. The van der Waals surface area contributed by atoms with Crippen LogP contribution in [0.25, 0.3) is 0 Å². The number of hydrogen-bond donors (Lipinski definition) is 0. The van der Waals surface area contributed by atoms with Crippen LogP contribution in [0.3, 0.4) is 0 Å². The number of carbonyl (C=O) groups excluding carboxylic acids is 1. The smallest absolute Gasteiger partial charge is 0.270 e. The molecule has 0 N–H and O–H groups in total. The quantitative estimate of drug-likeness (QED) is 0.705. The van der Waals surface area contributed by atoms with Crippen molar-refractivity contribution >= 4 is 5.91 Å². The highest BCUT2D eigenvalue weighted by atomic mass is 16.5. The molecule has 1 aromatic heterocycles. The van der Waals surface area contributed by atoms with Gasteiger partial charge in [-0.25, -0.2) is 0 Å². The molecule has 5 nitrogen and oxygen atoms in total. The van der Waals surface area contributed by atoms with E-state index >= 15 is 0 Å². The Balaban J connectivity index is 1.51. The van der Waals surface area contributed by atoms with Gasteiger partial charge in [0.2, 0.25) is 5.43 Å². The number of hydrogen-bond acceptors (Lipinski definition) is 3. The highest BCUT2D eigenvalue weighted by Gasteiger charge is 2.23. The summed E-state index contributed by atoms with van der Waals surface area (Å²) in [6.45, 7) is 1.53. The molecule has 0 atom stereocenters. The number of ether oxygens (including phenoxy) is 1. The van der Waals surface area contributed by atoms with Gasteiger partial charge in [0.25, 0.3) is 5.91 Å². The Kier molecular flexibility index (Phi) is 4.98. The lowest BCUT2D eigenvalue weighted by Gasteiger charge is -2.29. The number of nitrogens with zero attached hydrogens (tertiary/aromatic N) is 2. The van der Waals surface area contributed by atoms with Crippen molar-refractivity contribution in [2.75, 3.05) is 6.54 Å². The van der Waals surface area contributed by atoms with Crippen LogP contribution in [-0.4, -0.2) is 21.9 Å². The van der Waals surface area contributed by atoms with E-state index in [0.29, 0.717) is 25.4 Å². The molecule has 1 aliphatic rings. The minimum atomic E-state index is -0.283. The Bertz CT molecular complexity index is 1060. The number of aryl methyl sites for hydroxylation is 1. The predicted octanol–water partition coefficient (Wildman–Crippen LogP) is 3.16. The maximum atomic E-state index is 13.0. The third kappa shape index (κ3) is 3.69. The Morgan fingerprint density at radius 2 is 1.75 bits per heavy atom. The number of amides is 1. The van der Waals surface area contributed by atoms with E-state index in [9.17, 15) is 9.59 Å². The van der Waals surface area contributed by atoms with Crippen LogP contribution in [0.1, 0.15) is 27.2 Å². The van der Waals surface area contributed by atoms with Crippen molar-refractivity contribution < 1.29 is 9.53 Å². The van der Waals surface area contributed by atoms with Gasteiger partial charge in [0, 0.05) is 26.2 Å². The maximum Gasteiger partial charge on any atom is 0.270 e. The average molecular weight is 374 g/mol. The molecular formula is C23H22N2O3. The van der Waals surface area contributed by atoms with Crippen LogP contribution < -0.4 is 10.2 Å². The van der Waals surface area contributed by atoms with Gasteiger partial charge in [-0.1, -0.05) is 54.6 Å². The number of aromatic nitrogens is 1. The van der Waals surface area contributed by atoms with Crippen LogP contribution in [0.2, 0.25) is 0 Å². The van der Waals surface area contributed by atoms with Crippen LogP contribution in [0.5, 0.6) is 5.75 Å². The minimum Gasteiger partial charge on any atom is -0.483 e. The molecule has 0 aliphatic carbocycles. The van der Waals surface area contributed by atoms with Gasteiger partial charge in [-0.05, 0) is 23.1 Å². The second kappa shape index (κ2) is 7.72. The molecule has 142 valence electrons. The molecule has 3 aromatic rings. The van der Waals surface area contributed by atoms with Gasteiger partial charge in [-0.2, -0.15) is 0 Å². The third-order valence-electron chi connectivity index (χ3n) is 5.08. The predicted molar refractivity (Wildman–Crippen MR) is 107 cm³/mol. The topological polar surface area (TPSA) is 51.5 Å². The zero-order valence-corrected chi connectivity index (χ0v) is 15.8. The SMILES string of the molecule is Cn1cc(OCc2ccccc2)c(=O)cc1C(=O)N1CCc2ccccc2C1. The molecule has 2 heterocycles. The Morgan fingerprint density at radius 3 is 2.54 bits per heavy atom. The summed E-state index contributed by atoms with van der Waals surface area (Å²) in [5, 5.41) is 0. The fourth-order valence-corrected chi connectivity index (χ4v) is 3.49. The molecule has 0 unspecified atom stereocenters. The Morgan fingerprint density at radius 1 is 1.04 bits per heavy atom. The van der Waals surface area contributed by atoms with Crippen LogP contribution >= 0.6 is 0 Å². The molecule has 0 bridgehead atoms. The first-order valence-corrected chi connectivity index (χ1v) is 9.35. The molecule has 0 spiro atoms. The fourth-order valence-electron chi connectivity index (χ4n) is 3.49. The Hall–Kier alpha value is -3.34. The molecule has 5 heteroatoms. The maximum absolute atomic E-state index is 13.0. The Labute approximate surface area is 163 Å². The lowest BCUT2D eigenvalue weighted by atomic mass is 10.00. The summed E-state index contributed by atoms with van der Waals surface area (Å²) in [5.74, 6) is 0.107. The average Bonchev–Trinajstić information content (AvgIpc) is 2.74. The van der Waals surface area contributed by atoms with Gasteiger partial charge >= 0.3 is 0 Å². The summed E-state index contributed by atoms with van der Waals surface area (Å²) in [7, 11) is 1.76. The minimum absolute atomic E-state index is 0.135. The van der Waals surface area contributed by atoms with Crippen LogP contribution in [-0.2, 0) is 26.6 Å². The summed E-state index contributed by atoms with van der Waals surface area (Å²) in [5.41, 5.74) is 3.52. The van der Waals surface area contributed by atoms with Gasteiger partial charge < -0.3 is 14.2 Å². The van der Waals surface area contributed by atoms with Gasteiger partial charge in [0.05, 0.1) is 6.20 Å². The van der Waals surface area contributed by atoms with Gasteiger partial charge in [-0.15, -0.1) is 0 Å². The first-order chi connectivity index (χ1) is 13.6. The molecule has 28 heavy (non-hydrogen) atoms. The lowest BCUT2D eigenvalue weighted by molar-refractivity contribution is 0.0723. The van der Waals surface area contributed by atoms with Crippen LogP contribution in [0, 0.1) is 0 Å². The monoisotopic (exact) mass is 374 g/mol. The molecule has 0 fully saturated rings. The fraction of sp³-hybridized carbons (Fsp3) is 0.217. The van der Waals surface area contributed by atoms with Crippen molar-refractivity contribution in [2.45, 2.75) is 19.6 Å². The van der Waals surface area contributed by atoms with E-state index in [1.165, 1.54) is 11.6 Å². The van der Waals surface area contributed by atoms with E-state index in [0.717, 1.165) is 17.5 Å². The first kappa shape index (κ1) is 18.0. The summed E-state index contributed by atoms with van der Waals surface area (Å²) >= 11 is 0. The number of pyridine rings is 1. The molecular weight excluding hydrogens is 352 g/mol. The normalized spacial score (nSPS) is 13.1. The summed E-state index contributed by atoms with van der Waals surface area (Å²) in [4.78, 5) is 27.3. The summed E-state index contributed by atoms with van der Waals surface area (Å²) < 4.78 is 7.34. The second-order valence-corrected chi connectivity index (χ2v) is 7.02. The molecule has 1 amide bonds. The van der Waals surface area contributed by atoms with Crippen LogP contribution in [0.4, 0.5) is 0 Å². The van der Waals surface area contributed by atoms with Crippen molar-refractivity contribution in [2.24, 2.45) is 7.05 Å². The largest absolute Gasteiger partial charge is 0.483 e. The van der Waals surface area contributed by atoms with E-state index < -0.39 is 0 Å². The lowest BCUT2D eigenvalue weighted by Crippen LogP contribution is -2.37. The molecule has 0 radical (unpaired) electrons. The van der Waals surface area contributed by atoms with Crippen molar-refractivity contribution in [3.8, 4) is 5.75 Å². The van der Waals surface area contributed by atoms with Crippen molar-refractivity contribution in [1.82, 2.24) is 9.47 Å². The van der Waals surface area contributed by atoms with E-state index in [4.69, 9.17) is 4.74 Å². The van der Waals surface area contributed by atoms with E-state index in [2.05, 4.69) is 6.07 Å². The second-order valence-electron chi connectivity index (χ2n) is 7.02. The van der Waals surface area contributed by atoms with Crippen molar-refractivity contribution in [3.63, 3.8) is 0 Å². The third-order valence-corrected chi connectivity index (χ3v) is 5.08. The number of carbonyl (C=O) groups is 1. The number of rotatable bonds is 4. The zero-order chi connectivity index (χ0) is 19.5. The standard InChI is InChI=1S/C23H22N2O3/c1-24-15-22(28-16-17-7-3-2-4-8-17)21(26)13-20(24)23(27)25-12-11-18-9-5-6-10-19(18)14-25/h2-10,13,15H,11-12,14,16H2,1H3. The highest BCUT2D eigenvalue weighted by Crippen LogP contribution is 2.20. The van der Waals surface area contributed by atoms with Gasteiger partial charge in [0.15, 0.2) is 5.75 Å². The summed E-state index contributed by atoms with van der Waals surface area (Å²) in [6.07, 6.45) is 2.42.